The summed E-state index contributed by atoms with van der Waals surface area (Å²) in [6.45, 7) is 5.12. The quantitative estimate of drug-likeness (QED) is 0.784. The summed E-state index contributed by atoms with van der Waals surface area (Å²) >= 11 is 0. The highest BCUT2D eigenvalue weighted by atomic mass is 16.3. The minimum Gasteiger partial charge on any atom is -0.386 e. The Morgan fingerprint density at radius 2 is 2.19 bits per heavy atom. The van der Waals surface area contributed by atoms with Crippen molar-refractivity contribution in [2.75, 3.05) is 13.1 Å². The van der Waals surface area contributed by atoms with Crippen LogP contribution in [-0.4, -0.2) is 32.6 Å². The fraction of sp³-hybridized carbons (Fsp3) is 0.409. The van der Waals surface area contributed by atoms with E-state index in [9.17, 15) is 5.11 Å². The van der Waals surface area contributed by atoms with Crippen LogP contribution in [0.2, 0.25) is 0 Å². The van der Waals surface area contributed by atoms with Crippen molar-refractivity contribution in [2.24, 2.45) is 0 Å². The van der Waals surface area contributed by atoms with E-state index in [0.29, 0.717) is 12.6 Å². The summed E-state index contributed by atoms with van der Waals surface area (Å²) in [6, 6.07) is 11.2. The van der Waals surface area contributed by atoms with Gasteiger partial charge in [-0.15, -0.1) is 0 Å². The van der Waals surface area contributed by atoms with E-state index in [1.807, 2.05) is 12.1 Å². The van der Waals surface area contributed by atoms with Crippen molar-refractivity contribution in [3.05, 3.63) is 65.1 Å². The molecule has 2 aromatic heterocycles. The summed E-state index contributed by atoms with van der Waals surface area (Å²) in [7, 11) is 0. The van der Waals surface area contributed by atoms with Crippen molar-refractivity contribution in [3.63, 3.8) is 0 Å². The topological polar surface area (TPSA) is 41.3 Å². The van der Waals surface area contributed by atoms with Gasteiger partial charge in [0.2, 0.25) is 0 Å². The fourth-order valence-corrected chi connectivity index (χ4v) is 4.92. The third kappa shape index (κ3) is 2.48. The maximum atomic E-state index is 10.8. The van der Waals surface area contributed by atoms with E-state index in [-0.39, 0.29) is 0 Å². The molecule has 1 aromatic carbocycles. The SMILES string of the molecule is Cc1ccc2c(c1)c1c(n2CC(O)c2cccnc2)CCN2CCCC12. The van der Waals surface area contributed by atoms with E-state index >= 15 is 0 Å². The predicted octanol–water partition coefficient (Wildman–Crippen LogP) is 3.77. The molecule has 0 bridgehead atoms. The highest BCUT2D eigenvalue weighted by Gasteiger charge is 2.35. The Balaban J connectivity index is 1.64. The summed E-state index contributed by atoms with van der Waals surface area (Å²) in [5, 5.41) is 12.2. The zero-order chi connectivity index (χ0) is 17.7. The standard InChI is InChI=1S/C22H25N3O/c1-15-6-7-18-17(12-15)22-19-5-3-10-24(19)11-8-20(22)25(18)14-21(26)16-4-2-9-23-13-16/h2,4,6-7,9,12-13,19,21,26H,3,5,8,10-11,14H2,1H3. The lowest BCUT2D eigenvalue weighted by molar-refractivity contribution is 0.155. The van der Waals surface area contributed by atoms with E-state index in [1.165, 1.54) is 47.1 Å². The lowest BCUT2D eigenvalue weighted by Crippen LogP contribution is -2.31. The highest BCUT2D eigenvalue weighted by Crippen LogP contribution is 2.43. The van der Waals surface area contributed by atoms with Gasteiger partial charge in [0.15, 0.2) is 0 Å². The Morgan fingerprint density at radius 3 is 3.04 bits per heavy atom. The Labute approximate surface area is 154 Å². The normalized spacial score (nSPS) is 20.9. The Hall–Kier alpha value is -2.17. The van der Waals surface area contributed by atoms with Crippen molar-refractivity contribution in [3.8, 4) is 0 Å². The number of rotatable bonds is 3. The van der Waals surface area contributed by atoms with Crippen molar-refractivity contribution in [2.45, 2.75) is 44.9 Å². The molecule has 2 aliphatic heterocycles. The summed E-state index contributed by atoms with van der Waals surface area (Å²) in [6.07, 6.45) is 6.60. The molecule has 1 fully saturated rings. The van der Waals surface area contributed by atoms with Crippen molar-refractivity contribution >= 4 is 10.9 Å². The molecule has 3 aromatic rings. The maximum Gasteiger partial charge on any atom is 0.0983 e. The molecule has 0 saturated carbocycles. The zero-order valence-corrected chi connectivity index (χ0v) is 15.2. The molecule has 4 nitrogen and oxygen atoms in total. The van der Waals surface area contributed by atoms with Gasteiger partial charge in [0.25, 0.3) is 0 Å². The number of aliphatic hydroxyl groups is 1. The van der Waals surface area contributed by atoms with Crippen LogP contribution in [0.15, 0.2) is 42.7 Å². The second-order valence-corrected chi connectivity index (χ2v) is 7.74. The number of aryl methyl sites for hydroxylation is 1. The third-order valence-corrected chi connectivity index (χ3v) is 6.13. The minimum atomic E-state index is -0.536. The number of hydrogen-bond acceptors (Lipinski definition) is 3. The van der Waals surface area contributed by atoms with Crippen LogP contribution >= 0.6 is 0 Å². The monoisotopic (exact) mass is 347 g/mol. The summed E-state index contributed by atoms with van der Waals surface area (Å²) in [4.78, 5) is 6.81. The number of hydrogen-bond donors (Lipinski definition) is 1. The smallest absolute Gasteiger partial charge is 0.0983 e. The van der Waals surface area contributed by atoms with E-state index in [2.05, 4.69) is 39.6 Å². The summed E-state index contributed by atoms with van der Waals surface area (Å²) < 4.78 is 2.37. The summed E-state index contributed by atoms with van der Waals surface area (Å²) in [5.74, 6) is 0. The average molecular weight is 347 g/mol. The molecule has 5 rings (SSSR count). The van der Waals surface area contributed by atoms with Gasteiger partial charge in [0.1, 0.15) is 0 Å². The number of aliphatic hydroxyl groups excluding tert-OH is 1. The zero-order valence-electron chi connectivity index (χ0n) is 15.2. The molecule has 0 amide bonds. The molecular weight excluding hydrogens is 322 g/mol. The first kappa shape index (κ1) is 16.0. The largest absolute Gasteiger partial charge is 0.386 e. The van der Waals surface area contributed by atoms with Gasteiger partial charge in [-0.05, 0) is 50.1 Å². The fourth-order valence-electron chi connectivity index (χ4n) is 4.92. The number of nitrogens with zero attached hydrogens (tertiary/aromatic N) is 3. The molecule has 134 valence electrons. The second kappa shape index (κ2) is 6.22. The van der Waals surface area contributed by atoms with E-state index in [0.717, 1.165) is 18.5 Å². The van der Waals surface area contributed by atoms with Gasteiger partial charge in [0.05, 0.1) is 12.6 Å². The molecule has 2 aliphatic rings. The van der Waals surface area contributed by atoms with Crippen LogP contribution in [0.25, 0.3) is 10.9 Å². The van der Waals surface area contributed by atoms with E-state index < -0.39 is 6.10 Å². The summed E-state index contributed by atoms with van der Waals surface area (Å²) in [5.41, 5.74) is 6.40. The van der Waals surface area contributed by atoms with Gasteiger partial charge >= 0.3 is 0 Å². The first-order valence-corrected chi connectivity index (χ1v) is 9.66. The Bertz CT molecular complexity index is 947. The first-order chi connectivity index (χ1) is 12.7. The molecule has 1 saturated heterocycles. The van der Waals surface area contributed by atoms with Gasteiger partial charge in [-0.25, -0.2) is 0 Å². The molecule has 4 heterocycles. The van der Waals surface area contributed by atoms with Crippen LogP contribution < -0.4 is 0 Å². The van der Waals surface area contributed by atoms with Gasteiger partial charge < -0.3 is 9.67 Å². The van der Waals surface area contributed by atoms with E-state index in [4.69, 9.17) is 0 Å². The lowest BCUT2D eigenvalue weighted by Gasteiger charge is -2.31. The van der Waals surface area contributed by atoms with Crippen LogP contribution in [-0.2, 0) is 13.0 Å². The van der Waals surface area contributed by atoms with Gasteiger partial charge in [-0.2, -0.15) is 0 Å². The predicted molar refractivity (Wildman–Crippen MR) is 103 cm³/mol. The Morgan fingerprint density at radius 1 is 1.27 bits per heavy atom. The molecule has 0 aliphatic carbocycles. The van der Waals surface area contributed by atoms with Gasteiger partial charge in [-0.3, -0.25) is 9.88 Å². The van der Waals surface area contributed by atoms with E-state index in [1.54, 1.807) is 12.4 Å². The molecular formula is C22H25N3O. The van der Waals surface area contributed by atoms with Crippen LogP contribution in [0.1, 0.15) is 47.4 Å². The molecule has 2 unspecified atom stereocenters. The van der Waals surface area contributed by atoms with Crippen LogP contribution in [0.4, 0.5) is 0 Å². The maximum absolute atomic E-state index is 10.8. The van der Waals surface area contributed by atoms with Gasteiger partial charge in [0, 0.05) is 53.6 Å². The molecule has 0 radical (unpaired) electrons. The van der Waals surface area contributed by atoms with Gasteiger partial charge in [-0.1, -0.05) is 17.7 Å². The average Bonchev–Trinajstić information content (AvgIpc) is 3.25. The second-order valence-electron chi connectivity index (χ2n) is 7.74. The molecule has 4 heteroatoms. The number of aromatic nitrogens is 2. The molecule has 0 spiro atoms. The first-order valence-electron chi connectivity index (χ1n) is 9.66. The molecule has 2 atom stereocenters. The molecule has 1 N–H and O–H groups in total. The van der Waals surface area contributed by atoms with Crippen LogP contribution in [0.5, 0.6) is 0 Å². The number of fused-ring (bicyclic) bond motifs is 5. The van der Waals surface area contributed by atoms with Crippen molar-refractivity contribution < 1.29 is 5.11 Å². The van der Waals surface area contributed by atoms with Crippen molar-refractivity contribution in [1.82, 2.24) is 14.5 Å². The van der Waals surface area contributed by atoms with Crippen molar-refractivity contribution in [1.29, 1.82) is 0 Å². The molecule has 26 heavy (non-hydrogen) atoms. The minimum absolute atomic E-state index is 0.536. The highest BCUT2D eigenvalue weighted by molar-refractivity contribution is 5.87. The number of benzene rings is 1. The lowest BCUT2D eigenvalue weighted by atomic mass is 9.95. The Kier molecular flexibility index (Phi) is 3.84. The van der Waals surface area contributed by atoms with Crippen LogP contribution in [0.3, 0.4) is 0 Å². The third-order valence-electron chi connectivity index (χ3n) is 6.13. The van der Waals surface area contributed by atoms with Crippen LogP contribution in [0, 0.1) is 6.92 Å². The number of pyridine rings is 1.